The van der Waals surface area contributed by atoms with Crippen molar-refractivity contribution in [2.45, 2.75) is 25.0 Å². The van der Waals surface area contributed by atoms with Crippen molar-refractivity contribution in [2.75, 3.05) is 0 Å². The second-order valence-corrected chi connectivity index (χ2v) is 4.00. The van der Waals surface area contributed by atoms with E-state index in [0.717, 1.165) is 29.5 Å². The zero-order valence-electron chi connectivity index (χ0n) is 8.31. The quantitative estimate of drug-likeness (QED) is 0.784. The molecule has 2 N–H and O–H groups in total. The number of ether oxygens (including phenoxy) is 1. The molecule has 1 aromatic heterocycles. The number of aliphatic hydroxyl groups excluding tert-OH is 1. The summed E-state index contributed by atoms with van der Waals surface area (Å²) in [4.78, 5) is 3.14. The summed E-state index contributed by atoms with van der Waals surface area (Å²) in [5.74, 6) is 0.859. The van der Waals surface area contributed by atoms with Crippen LogP contribution < -0.4 is 4.74 Å². The highest BCUT2D eigenvalue weighted by molar-refractivity contribution is 5.85. The van der Waals surface area contributed by atoms with Crippen molar-refractivity contribution in [2.24, 2.45) is 0 Å². The molecule has 1 saturated carbocycles. The first-order valence-corrected chi connectivity index (χ1v) is 5.25. The lowest BCUT2D eigenvalue weighted by atomic mass is 9.92. The van der Waals surface area contributed by atoms with Crippen LogP contribution in [-0.2, 0) is 0 Å². The predicted octanol–water partition coefficient (Wildman–Crippen LogP) is 2.07. The van der Waals surface area contributed by atoms with E-state index in [1.54, 1.807) is 0 Å². The van der Waals surface area contributed by atoms with Crippen LogP contribution in [0.3, 0.4) is 0 Å². The summed E-state index contributed by atoms with van der Waals surface area (Å²) >= 11 is 0. The van der Waals surface area contributed by atoms with Gasteiger partial charge in [-0.1, -0.05) is 6.07 Å². The molecule has 2 atom stereocenters. The van der Waals surface area contributed by atoms with Gasteiger partial charge in [0.25, 0.3) is 0 Å². The van der Waals surface area contributed by atoms with Crippen LogP contribution in [-0.4, -0.2) is 22.3 Å². The smallest absolute Gasteiger partial charge is 0.129 e. The molecule has 2 aromatic rings. The van der Waals surface area contributed by atoms with Crippen LogP contribution in [0, 0.1) is 0 Å². The Morgan fingerprint density at radius 3 is 2.93 bits per heavy atom. The Morgan fingerprint density at radius 2 is 2.20 bits per heavy atom. The molecule has 3 nitrogen and oxygen atoms in total. The molecule has 0 saturated heterocycles. The maximum absolute atomic E-state index is 9.46. The summed E-state index contributed by atoms with van der Waals surface area (Å²) < 4.78 is 5.76. The average molecular weight is 203 g/mol. The van der Waals surface area contributed by atoms with Crippen LogP contribution >= 0.6 is 0 Å². The van der Waals surface area contributed by atoms with Crippen molar-refractivity contribution in [3.63, 3.8) is 0 Å². The van der Waals surface area contributed by atoms with Crippen molar-refractivity contribution in [1.82, 2.24) is 4.98 Å². The standard InChI is InChI=1S/C12H13NO2/c14-10-4-5-12(10)15-11-3-1-2-9-8(11)6-7-13-9/h1-3,6-7,10,12-14H,4-5H2/t10-,12-/m1/s1. The van der Waals surface area contributed by atoms with E-state index in [1.165, 1.54) is 0 Å². The first-order valence-electron chi connectivity index (χ1n) is 5.25. The van der Waals surface area contributed by atoms with Gasteiger partial charge in [-0.2, -0.15) is 0 Å². The maximum Gasteiger partial charge on any atom is 0.129 e. The molecular formula is C12H13NO2. The van der Waals surface area contributed by atoms with Crippen molar-refractivity contribution in [3.05, 3.63) is 30.5 Å². The molecule has 0 unspecified atom stereocenters. The van der Waals surface area contributed by atoms with Crippen LogP contribution in [0.15, 0.2) is 30.5 Å². The Kier molecular flexibility index (Phi) is 1.92. The molecule has 1 fully saturated rings. The van der Waals surface area contributed by atoms with E-state index >= 15 is 0 Å². The fourth-order valence-electron chi connectivity index (χ4n) is 1.91. The summed E-state index contributed by atoms with van der Waals surface area (Å²) in [6.07, 6.45) is 3.38. The van der Waals surface area contributed by atoms with E-state index in [2.05, 4.69) is 4.98 Å². The van der Waals surface area contributed by atoms with E-state index in [-0.39, 0.29) is 12.2 Å². The number of hydrogen-bond acceptors (Lipinski definition) is 2. The Bertz CT molecular complexity index is 477. The fraction of sp³-hybridized carbons (Fsp3) is 0.333. The molecule has 0 spiro atoms. The van der Waals surface area contributed by atoms with E-state index in [0.29, 0.717) is 0 Å². The monoisotopic (exact) mass is 203 g/mol. The number of aromatic amines is 1. The Balaban J connectivity index is 1.93. The van der Waals surface area contributed by atoms with Crippen LogP contribution in [0.4, 0.5) is 0 Å². The lowest BCUT2D eigenvalue weighted by Gasteiger charge is -2.32. The van der Waals surface area contributed by atoms with Gasteiger partial charge in [-0.05, 0) is 31.0 Å². The topological polar surface area (TPSA) is 45.2 Å². The first kappa shape index (κ1) is 8.80. The molecule has 78 valence electrons. The highest BCUT2D eigenvalue weighted by Gasteiger charge is 2.31. The van der Waals surface area contributed by atoms with Gasteiger partial charge in [-0.25, -0.2) is 0 Å². The van der Waals surface area contributed by atoms with E-state index in [4.69, 9.17) is 4.74 Å². The van der Waals surface area contributed by atoms with E-state index < -0.39 is 0 Å². The van der Waals surface area contributed by atoms with Gasteiger partial charge < -0.3 is 14.8 Å². The van der Waals surface area contributed by atoms with Crippen LogP contribution in [0.5, 0.6) is 5.75 Å². The second kappa shape index (κ2) is 3.28. The molecule has 0 bridgehead atoms. The molecule has 0 aliphatic heterocycles. The molecule has 1 aliphatic rings. The zero-order valence-corrected chi connectivity index (χ0v) is 8.31. The number of nitrogens with one attached hydrogen (secondary N) is 1. The Labute approximate surface area is 87.7 Å². The van der Waals surface area contributed by atoms with Gasteiger partial charge >= 0.3 is 0 Å². The Morgan fingerprint density at radius 1 is 1.27 bits per heavy atom. The van der Waals surface area contributed by atoms with Gasteiger partial charge in [0.05, 0.1) is 6.10 Å². The summed E-state index contributed by atoms with van der Waals surface area (Å²) in [5.41, 5.74) is 1.07. The van der Waals surface area contributed by atoms with Gasteiger partial charge in [-0.15, -0.1) is 0 Å². The Hall–Kier alpha value is -1.48. The highest BCUT2D eigenvalue weighted by Crippen LogP contribution is 2.30. The summed E-state index contributed by atoms with van der Waals surface area (Å²) in [6, 6.07) is 7.91. The SMILES string of the molecule is O[C@@H]1CC[C@H]1Oc1cccc2[nH]ccc12. The number of hydrogen-bond donors (Lipinski definition) is 2. The lowest BCUT2D eigenvalue weighted by Crippen LogP contribution is -2.41. The predicted molar refractivity (Wildman–Crippen MR) is 58.0 cm³/mol. The molecule has 0 amide bonds. The minimum Gasteiger partial charge on any atom is -0.487 e. The molecular weight excluding hydrogens is 190 g/mol. The van der Waals surface area contributed by atoms with Gasteiger partial charge in [0, 0.05) is 17.1 Å². The molecule has 1 aromatic carbocycles. The molecule has 3 rings (SSSR count). The minimum absolute atomic E-state index is 0.0227. The molecule has 3 heteroatoms. The third kappa shape index (κ3) is 1.39. The number of aromatic nitrogens is 1. The van der Waals surface area contributed by atoms with Gasteiger partial charge in [0.15, 0.2) is 0 Å². The molecule has 15 heavy (non-hydrogen) atoms. The van der Waals surface area contributed by atoms with Gasteiger partial charge in [0.1, 0.15) is 11.9 Å². The summed E-state index contributed by atoms with van der Waals surface area (Å²) in [7, 11) is 0. The van der Waals surface area contributed by atoms with Crippen molar-refractivity contribution >= 4 is 10.9 Å². The number of benzene rings is 1. The lowest BCUT2D eigenvalue weighted by molar-refractivity contribution is -0.0354. The number of aliphatic hydroxyl groups is 1. The maximum atomic E-state index is 9.46. The normalized spacial score (nSPS) is 25.1. The number of rotatable bonds is 2. The van der Waals surface area contributed by atoms with E-state index in [9.17, 15) is 5.11 Å². The van der Waals surface area contributed by atoms with Crippen LogP contribution in [0.25, 0.3) is 10.9 Å². The van der Waals surface area contributed by atoms with Gasteiger partial charge in [-0.3, -0.25) is 0 Å². The molecule has 0 radical (unpaired) electrons. The fourth-order valence-corrected chi connectivity index (χ4v) is 1.91. The molecule has 1 heterocycles. The average Bonchev–Trinajstić information content (AvgIpc) is 2.72. The molecule has 1 aliphatic carbocycles. The van der Waals surface area contributed by atoms with Crippen LogP contribution in [0.1, 0.15) is 12.8 Å². The van der Waals surface area contributed by atoms with Crippen molar-refractivity contribution in [3.8, 4) is 5.75 Å². The second-order valence-electron chi connectivity index (χ2n) is 4.00. The van der Waals surface area contributed by atoms with Crippen LogP contribution in [0.2, 0.25) is 0 Å². The highest BCUT2D eigenvalue weighted by atomic mass is 16.5. The largest absolute Gasteiger partial charge is 0.487 e. The first-order chi connectivity index (χ1) is 7.34. The third-order valence-electron chi connectivity index (χ3n) is 3.01. The number of fused-ring (bicyclic) bond motifs is 1. The summed E-state index contributed by atoms with van der Waals surface area (Å²) in [5, 5.41) is 10.5. The zero-order chi connectivity index (χ0) is 10.3. The van der Waals surface area contributed by atoms with E-state index in [1.807, 2.05) is 30.5 Å². The van der Waals surface area contributed by atoms with Crippen molar-refractivity contribution < 1.29 is 9.84 Å². The summed E-state index contributed by atoms with van der Waals surface area (Å²) in [6.45, 7) is 0. The van der Waals surface area contributed by atoms with Crippen molar-refractivity contribution in [1.29, 1.82) is 0 Å². The van der Waals surface area contributed by atoms with Gasteiger partial charge in [0.2, 0.25) is 0 Å². The minimum atomic E-state index is -0.292. The number of H-pyrrole nitrogens is 1. The third-order valence-corrected chi connectivity index (χ3v) is 3.01.